The Balaban J connectivity index is 2.45. The SMILES string of the molecule is C=C1C(C)=CCC(C)(C)C1Cc1cc(OC)c(Br)cc1OC(C)=O. The molecule has 1 aromatic rings. The molecule has 1 aromatic carbocycles. The molecule has 3 nitrogen and oxygen atoms in total. The summed E-state index contributed by atoms with van der Waals surface area (Å²) in [5.41, 5.74) is 3.46. The van der Waals surface area contributed by atoms with Crippen molar-refractivity contribution < 1.29 is 14.3 Å². The first-order valence-electron chi connectivity index (χ1n) is 8.06. The van der Waals surface area contributed by atoms with Gasteiger partial charge in [0.05, 0.1) is 11.6 Å². The monoisotopic (exact) mass is 392 g/mol. The summed E-state index contributed by atoms with van der Waals surface area (Å²) in [7, 11) is 1.63. The number of hydrogen-bond donors (Lipinski definition) is 0. The van der Waals surface area contributed by atoms with Gasteiger partial charge in [0, 0.05) is 6.92 Å². The number of carbonyl (C=O) groups is 1. The van der Waals surface area contributed by atoms with E-state index in [0.29, 0.717) is 5.75 Å². The third-order valence-electron chi connectivity index (χ3n) is 4.82. The molecule has 1 aliphatic rings. The summed E-state index contributed by atoms with van der Waals surface area (Å²) >= 11 is 3.46. The van der Waals surface area contributed by atoms with Crippen LogP contribution in [0.25, 0.3) is 0 Å². The van der Waals surface area contributed by atoms with Crippen molar-refractivity contribution in [2.75, 3.05) is 7.11 Å². The van der Waals surface area contributed by atoms with E-state index in [1.54, 1.807) is 13.2 Å². The number of esters is 1. The Morgan fingerprint density at radius 2 is 2.04 bits per heavy atom. The van der Waals surface area contributed by atoms with E-state index in [0.717, 1.165) is 34.2 Å². The fourth-order valence-electron chi connectivity index (χ4n) is 3.20. The Morgan fingerprint density at radius 3 is 2.62 bits per heavy atom. The van der Waals surface area contributed by atoms with E-state index in [4.69, 9.17) is 9.47 Å². The number of ether oxygens (including phenoxy) is 2. The highest BCUT2D eigenvalue weighted by molar-refractivity contribution is 9.10. The van der Waals surface area contributed by atoms with Crippen LogP contribution in [0.5, 0.6) is 11.5 Å². The molecule has 0 amide bonds. The van der Waals surface area contributed by atoms with E-state index in [-0.39, 0.29) is 17.3 Å². The topological polar surface area (TPSA) is 35.5 Å². The van der Waals surface area contributed by atoms with Crippen molar-refractivity contribution in [1.29, 1.82) is 0 Å². The van der Waals surface area contributed by atoms with E-state index in [1.807, 2.05) is 6.07 Å². The number of rotatable bonds is 4. The number of carbonyl (C=O) groups excluding carboxylic acids is 1. The van der Waals surface area contributed by atoms with Gasteiger partial charge in [-0.25, -0.2) is 0 Å². The van der Waals surface area contributed by atoms with Crippen LogP contribution in [0.15, 0.2) is 40.4 Å². The van der Waals surface area contributed by atoms with E-state index in [1.165, 1.54) is 12.5 Å². The van der Waals surface area contributed by atoms with Crippen molar-refractivity contribution in [3.63, 3.8) is 0 Å². The van der Waals surface area contributed by atoms with Crippen molar-refractivity contribution in [2.24, 2.45) is 11.3 Å². The molecule has 130 valence electrons. The molecule has 0 radical (unpaired) electrons. The van der Waals surface area contributed by atoms with Gasteiger partial charge in [-0.1, -0.05) is 32.1 Å². The Kier molecular flexibility index (Phi) is 5.59. The summed E-state index contributed by atoms with van der Waals surface area (Å²) in [6, 6.07) is 3.75. The highest BCUT2D eigenvalue weighted by atomic mass is 79.9. The molecule has 24 heavy (non-hydrogen) atoms. The first-order valence-corrected chi connectivity index (χ1v) is 8.85. The second kappa shape index (κ2) is 7.14. The molecule has 2 rings (SSSR count). The molecule has 0 aromatic heterocycles. The van der Waals surface area contributed by atoms with Crippen LogP contribution in [0.1, 0.15) is 39.7 Å². The van der Waals surface area contributed by atoms with Crippen LogP contribution in [-0.4, -0.2) is 13.1 Å². The summed E-state index contributed by atoms with van der Waals surface area (Å²) in [4.78, 5) is 11.5. The minimum Gasteiger partial charge on any atom is -0.496 e. The summed E-state index contributed by atoms with van der Waals surface area (Å²) in [6.45, 7) is 12.3. The zero-order valence-electron chi connectivity index (χ0n) is 15.0. The maximum Gasteiger partial charge on any atom is 0.308 e. The molecule has 0 saturated carbocycles. The molecule has 1 aliphatic carbocycles. The first-order chi connectivity index (χ1) is 11.2. The van der Waals surface area contributed by atoms with Crippen molar-refractivity contribution in [3.05, 3.63) is 46.0 Å². The van der Waals surface area contributed by atoms with Gasteiger partial charge in [0.25, 0.3) is 0 Å². The molecule has 1 atom stereocenters. The predicted octanol–water partition coefficient (Wildman–Crippen LogP) is 5.47. The molecule has 0 saturated heterocycles. The van der Waals surface area contributed by atoms with Crippen molar-refractivity contribution in [1.82, 2.24) is 0 Å². The van der Waals surface area contributed by atoms with E-state index in [2.05, 4.69) is 49.4 Å². The van der Waals surface area contributed by atoms with E-state index < -0.39 is 0 Å². The molecule has 0 N–H and O–H groups in total. The number of allylic oxidation sites excluding steroid dienone is 3. The number of halogens is 1. The second-order valence-corrected chi connectivity index (χ2v) is 7.90. The zero-order chi connectivity index (χ0) is 18.1. The highest BCUT2D eigenvalue weighted by Crippen LogP contribution is 2.46. The van der Waals surface area contributed by atoms with Gasteiger partial charge in [0.1, 0.15) is 11.5 Å². The van der Waals surface area contributed by atoms with Gasteiger partial charge in [0.15, 0.2) is 0 Å². The lowest BCUT2D eigenvalue weighted by Crippen LogP contribution is -2.30. The normalized spacial score (nSPS) is 19.7. The Morgan fingerprint density at radius 1 is 1.38 bits per heavy atom. The Bertz CT molecular complexity index is 701. The van der Waals surface area contributed by atoms with Crippen LogP contribution in [0, 0.1) is 11.3 Å². The molecule has 0 aliphatic heterocycles. The van der Waals surface area contributed by atoms with Crippen LogP contribution < -0.4 is 9.47 Å². The van der Waals surface area contributed by atoms with Crippen LogP contribution in [0.4, 0.5) is 0 Å². The van der Waals surface area contributed by atoms with Gasteiger partial charge in [-0.3, -0.25) is 4.79 Å². The average molecular weight is 393 g/mol. The first kappa shape index (κ1) is 18.8. The minimum atomic E-state index is -0.328. The number of hydrogen-bond acceptors (Lipinski definition) is 3. The maximum atomic E-state index is 11.5. The van der Waals surface area contributed by atoms with Gasteiger partial charge in [-0.15, -0.1) is 0 Å². The van der Waals surface area contributed by atoms with Gasteiger partial charge in [-0.05, 0) is 70.3 Å². The van der Waals surface area contributed by atoms with Crippen molar-refractivity contribution >= 4 is 21.9 Å². The van der Waals surface area contributed by atoms with Crippen LogP contribution >= 0.6 is 15.9 Å². The molecule has 0 heterocycles. The standard InChI is InChI=1S/C20H25BrO3/c1-12-7-8-20(4,5)16(13(12)2)9-15-10-19(23-6)17(21)11-18(15)24-14(3)22/h7,10-11,16H,2,8-9H2,1,3-6H3. The lowest BCUT2D eigenvalue weighted by molar-refractivity contribution is -0.131. The largest absolute Gasteiger partial charge is 0.496 e. The quantitative estimate of drug-likeness (QED) is 0.502. The average Bonchev–Trinajstić information content (AvgIpc) is 2.49. The maximum absolute atomic E-state index is 11.5. The molecule has 0 spiro atoms. The van der Waals surface area contributed by atoms with Gasteiger partial charge >= 0.3 is 5.97 Å². The van der Waals surface area contributed by atoms with E-state index >= 15 is 0 Å². The molecule has 1 unspecified atom stereocenters. The minimum absolute atomic E-state index is 0.102. The fourth-order valence-corrected chi connectivity index (χ4v) is 3.68. The summed E-state index contributed by atoms with van der Waals surface area (Å²) in [5.74, 6) is 1.26. The van der Waals surface area contributed by atoms with Crippen LogP contribution in [0.2, 0.25) is 0 Å². The Labute approximate surface area is 152 Å². The lowest BCUT2D eigenvalue weighted by Gasteiger charge is -2.39. The number of benzene rings is 1. The fraction of sp³-hybridized carbons (Fsp3) is 0.450. The van der Waals surface area contributed by atoms with Gasteiger partial charge in [-0.2, -0.15) is 0 Å². The van der Waals surface area contributed by atoms with Crippen LogP contribution in [0.3, 0.4) is 0 Å². The van der Waals surface area contributed by atoms with Gasteiger partial charge < -0.3 is 9.47 Å². The molecule has 0 fully saturated rings. The summed E-state index contributed by atoms with van der Waals surface area (Å²) < 4.78 is 11.6. The lowest BCUT2D eigenvalue weighted by atomic mass is 9.65. The highest BCUT2D eigenvalue weighted by Gasteiger charge is 2.35. The zero-order valence-corrected chi connectivity index (χ0v) is 16.6. The van der Waals surface area contributed by atoms with Crippen molar-refractivity contribution in [3.8, 4) is 11.5 Å². The van der Waals surface area contributed by atoms with Crippen LogP contribution in [-0.2, 0) is 11.2 Å². The summed E-state index contributed by atoms with van der Waals surface area (Å²) in [5, 5.41) is 0. The van der Waals surface area contributed by atoms with E-state index in [9.17, 15) is 4.79 Å². The molecular weight excluding hydrogens is 368 g/mol. The Hall–Kier alpha value is -1.55. The molecule has 0 bridgehead atoms. The third-order valence-corrected chi connectivity index (χ3v) is 5.44. The van der Waals surface area contributed by atoms with Crippen molar-refractivity contribution in [2.45, 2.75) is 40.5 Å². The van der Waals surface area contributed by atoms with Gasteiger partial charge in [0.2, 0.25) is 0 Å². The third kappa shape index (κ3) is 3.92. The summed E-state index contributed by atoms with van der Waals surface area (Å²) in [6.07, 6.45) is 4.02. The smallest absolute Gasteiger partial charge is 0.308 e. The molecular formula is C20H25BrO3. The number of methoxy groups -OCH3 is 1. The second-order valence-electron chi connectivity index (χ2n) is 7.05. The molecule has 4 heteroatoms. The predicted molar refractivity (Wildman–Crippen MR) is 100 cm³/mol.